The highest BCUT2D eigenvalue weighted by Gasteiger charge is 2.02. The first-order valence-corrected chi connectivity index (χ1v) is 8.01. The van der Waals surface area contributed by atoms with Crippen LogP contribution in [-0.2, 0) is 4.79 Å². The highest BCUT2D eigenvalue weighted by molar-refractivity contribution is 5.91. The lowest BCUT2D eigenvalue weighted by molar-refractivity contribution is -0.116. The molecule has 1 aromatic rings. The molecule has 0 aliphatic rings. The van der Waals surface area contributed by atoms with Crippen molar-refractivity contribution in [3.63, 3.8) is 0 Å². The van der Waals surface area contributed by atoms with Crippen LogP contribution in [0.1, 0.15) is 25.8 Å². The quantitative estimate of drug-likeness (QED) is 0.542. The van der Waals surface area contributed by atoms with Gasteiger partial charge in [0.1, 0.15) is 12.4 Å². The number of nitrogen functional groups attached to an aromatic ring is 1. The summed E-state index contributed by atoms with van der Waals surface area (Å²) in [5.74, 6) is 1.17. The lowest BCUT2D eigenvalue weighted by Gasteiger charge is -2.12. The van der Waals surface area contributed by atoms with Crippen molar-refractivity contribution in [1.82, 2.24) is 10.2 Å². The fraction of sp³-hybridized carbons (Fsp3) is 0.500. The van der Waals surface area contributed by atoms with E-state index in [9.17, 15) is 4.79 Å². The normalized spacial score (nSPS) is 11.4. The number of nitrogens with two attached hydrogens (primary N) is 1. The Morgan fingerprint density at radius 3 is 2.74 bits per heavy atom. The van der Waals surface area contributed by atoms with Crippen LogP contribution < -0.4 is 15.8 Å². The van der Waals surface area contributed by atoms with E-state index >= 15 is 0 Å². The molecule has 1 aromatic carbocycles. The summed E-state index contributed by atoms with van der Waals surface area (Å²) in [5, 5.41) is 2.86. The Bertz CT molecular complexity index is 525. The van der Waals surface area contributed by atoms with E-state index in [1.54, 1.807) is 6.08 Å². The number of nitrogens with one attached hydrogen (secondary N) is 1. The smallest absolute Gasteiger partial charge is 0.243 e. The summed E-state index contributed by atoms with van der Waals surface area (Å²) in [4.78, 5) is 13.7. The number of likely N-dealkylation sites (N-methyl/N-ethyl adjacent to an activating group) is 1. The third-order valence-corrected chi connectivity index (χ3v) is 3.28. The second-order valence-electron chi connectivity index (χ2n) is 6.26. The molecule has 128 valence electrons. The highest BCUT2D eigenvalue weighted by Crippen LogP contribution is 2.23. The molecule has 5 heteroatoms. The molecule has 0 fully saturated rings. The summed E-state index contributed by atoms with van der Waals surface area (Å²) < 4.78 is 5.63. The van der Waals surface area contributed by atoms with Crippen LogP contribution in [0.2, 0.25) is 0 Å². The standard InChI is InChI=1S/C18H29N3O2/c1-14(2)9-10-20-18(22)8-6-15-5-7-17(16(19)13-15)23-12-11-21(3)4/h5-8,13-14H,9-12,19H2,1-4H3,(H,20,22)/b8-6-. The predicted octanol–water partition coefficient (Wildman–Crippen LogP) is 2.38. The van der Waals surface area contributed by atoms with Crippen molar-refractivity contribution in [3.05, 3.63) is 29.8 Å². The summed E-state index contributed by atoms with van der Waals surface area (Å²) in [6, 6.07) is 5.53. The fourth-order valence-electron chi connectivity index (χ4n) is 1.86. The third kappa shape index (κ3) is 8.26. The van der Waals surface area contributed by atoms with Crippen LogP contribution in [0, 0.1) is 5.92 Å². The van der Waals surface area contributed by atoms with E-state index in [0.29, 0.717) is 30.5 Å². The first-order chi connectivity index (χ1) is 10.9. The number of anilines is 1. The number of ether oxygens (including phenoxy) is 1. The van der Waals surface area contributed by atoms with E-state index in [4.69, 9.17) is 10.5 Å². The zero-order chi connectivity index (χ0) is 17.2. The van der Waals surface area contributed by atoms with Crippen LogP contribution in [0.3, 0.4) is 0 Å². The molecule has 0 atom stereocenters. The molecule has 1 rings (SSSR count). The van der Waals surface area contributed by atoms with Gasteiger partial charge in [-0.3, -0.25) is 4.79 Å². The lowest BCUT2D eigenvalue weighted by atomic mass is 10.1. The molecule has 0 aliphatic heterocycles. The van der Waals surface area contributed by atoms with Crippen molar-refractivity contribution < 1.29 is 9.53 Å². The van der Waals surface area contributed by atoms with Gasteiger partial charge in [-0.15, -0.1) is 0 Å². The number of hydrogen-bond donors (Lipinski definition) is 2. The number of carbonyl (C=O) groups excluding carboxylic acids is 1. The Balaban J connectivity index is 2.50. The van der Waals surface area contributed by atoms with Gasteiger partial charge in [-0.1, -0.05) is 19.9 Å². The molecule has 0 unspecified atom stereocenters. The first kappa shape index (κ1) is 19.0. The number of rotatable bonds is 9. The average Bonchev–Trinajstić information content (AvgIpc) is 2.46. The van der Waals surface area contributed by atoms with Gasteiger partial charge in [-0.25, -0.2) is 0 Å². The molecule has 0 radical (unpaired) electrons. The fourth-order valence-corrected chi connectivity index (χ4v) is 1.86. The molecule has 5 nitrogen and oxygen atoms in total. The van der Waals surface area contributed by atoms with Crippen LogP contribution in [0.5, 0.6) is 5.75 Å². The molecule has 0 bridgehead atoms. The molecule has 3 N–H and O–H groups in total. The highest BCUT2D eigenvalue weighted by atomic mass is 16.5. The van der Waals surface area contributed by atoms with Crippen LogP contribution in [-0.4, -0.2) is 44.6 Å². The molecule has 1 amide bonds. The minimum absolute atomic E-state index is 0.0875. The van der Waals surface area contributed by atoms with E-state index in [1.807, 2.05) is 37.2 Å². The molecule has 0 aromatic heterocycles. The van der Waals surface area contributed by atoms with Crippen LogP contribution >= 0.6 is 0 Å². The predicted molar refractivity (Wildman–Crippen MR) is 96.4 cm³/mol. The maximum atomic E-state index is 11.7. The summed E-state index contributed by atoms with van der Waals surface area (Å²) in [6.07, 6.45) is 4.26. The van der Waals surface area contributed by atoms with E-state index in [0.717, 1.165) is 18.5 Å². The number of amides is 1. The van der Waals surface area contributed by atoms with Gasteiger partial charge in [0.05, 0.1) is 5.69 Å². The zero-order valence-corrected chi connectivity index (χ0v) is 14.6. The van der Waals surface area contributed by atoms with E-state index in [2.05, 4.69) is 19.2 Å². The van der Waals surface area contributed by atoms with Crippen molar-refractivity contribution in [2.45, 2.75) is 20.3 Å². The van der Waals surface area contributed by atoms with Gasteiger partial charge in [0.15, 0.2) is 0 Å². The van der Waals surface area contributed by atoms with E-state index < -0.39 is 0 Å². The van der Waals surface area contributed by atoms with Crippen molar-refractivity contribution in [3.8, 4) is 5.75 Å². The molecule has 0 saturated heterocycles. The third-order valence-electron chi connectivity index (χ3n) is 3.28. The van der Waals surface area contributed by atoms with Gasteiger partial charge in [-0.2, -0.15) is 0 Å². The van der Waals surface area contributed by atoms with Gasteiger partial charge >= 0.3 is 0 Å². The summed E-state index contributed by atoms with van der Waals surface area (Å²) in [7, 11) is 3.99. The Labute approximate surface area is 139 Å². The second-order valence-corrected chi connectivity index (χ2v) is 6.26. The molecular weight excluding hydrogens is 290 g/mol. The summed E-state index contributed by atoms with van der Waals surface area (Å²) >= 11 is 0. The maximum Gasteiger partial charge on any atom is 0.243 e. The number of carbonyl (C=O) groups is 1. The van der Waals surface area contributed by atoms with Crippen LogP contribution in [0.15, 0.2) is 24.3 Å². The SMILES string of the molecule is CC(C)CCNC(=O)/C=C\c1ccc(OCCN(C)C)c(N)c1. The maximum absolute atomic E-state index is 11.7. The Morgan fingerprint density at radius 1 is 1.39 bits per heavy atom. The summed E-state index contributed by atoms with van der Waals surface area (Å²) in [5.41, 5.74) is 7.44. The molecule has 0 spiro atoms. The van der Waals surface area contributed by atoms with Gasteiger partial charge in [-0.05, 0) is 50.2 Å². The van der Waals surface area contributed by atoms with E-state index in [1.165, 1.54) is 6.08 Å². The topological polar surface area (TPSA) is 67.6 Å². The molecule has 0 heterocycles. The first-order valence-electron chi connectivity index (χ1n) is 8.01. The number of nitrogens with zero attached hydrogens (tertiary/aromatic N) is 1. The van der Waals surface area contributed by atoms with Gasteiger partial charge in [0.25, 0.3) is 0 Å². The molecule has 0 saturated carbocycles. The molecular formula is C18H29N3O2. The molecule has 23 heavy (non-hydrogen) atoms. The Kier molecular flexibility index (Phi) is 8.19. The number of benzene rings is 1. The van der Waals surface area contributed by atoms with Crippen molar-refractivity contribution >= 4 is 17.7 Å². The summed E-state index contributed by atoms with van der Waals surface area (Å²) in [6.45, 7) is 6.38. The Hall–Kier alpha value is -2.01. The van der Waals surface area contributed by atoms with Gasteiger partial charge < -0.3 is 20.7 Å². The lowest BCUT2D eigenvalue weighted by Crippen LogP contribution is -2.23. The molecule has 0 aliphatic carbocycles. The largest absolute Gasteiger partial charge is 0.490 e. The van der Waals surface area contributed by atoms with Crippen LogP contribution in [0.25, 0.3) is 6.08 Å². The number of hydrogen-bond acceptors (Lipinski definition) is 4. The van der Waals surface area contributed by atoms with Gasteiger partial charge in [0.2, 0.25) is 5.91 Å². The van der Waals surface area contributed by atoms with Crippen molar-refractivity contribution in [2.24, 2.45) is 5.92 Å². The van der Waals surface area contributed by atoms with E-state index in [-0.39, 0.29) is 5.91 Å². The average molecular weight is 319 g/mol. The minimum Gasteiger partial charge on any atom is -0.490 e. The van der Waals surface area contributed by atoms with Crippen molar-refractivity contribution in [2.75, 3.05) is 39.5 Å². The monoisotopic (exact) mass is 319 g/mol. The second kappa shape index (κ2) is 9.90. The zero-order valence-electron chi connectivity index (χ0n) is 14.6. The minimum atomic E-state index is -0.0875. The van der Waals surface area contributed by atoms with Gasteiger partial charge in [0, 0.05) is 19.2 Å². The van der Waals surface area contributed by atoms with Crippen molar-refractivity contribution in [1.29, 1.82) is 0 Å². The Morgan fingerprint density at radius 2 is 2.13 bits per heavy atom. The van der Waals surface area contributed by atoms with Crippen LogP contribution in [0.4, 0.5) is 5.69 Å².